The average Bonchev–Trinajstić information content (AvgIpc) is 2.17. The molecule has 0 heterocycles. The summed E-state index contributed by atoms with van der Waals surface area (Å²) in [6.45, 7) is 0. The van der Waals surface area contributed by atoms with Crippen LogP contribution in [0.5, 0.6) is 0 Å². The molecule has 0 aliphatic rings. The standard InChI is InChI=1S/C8H9NO4S/c1-13-8(10)6-2-4-7(5-3-6)9-14(11)12/h2-5,14H,1H3,(H,9,11,12). The number of rotatable bonds is 3. The van der Waals surface area contributed by atoms with E-state index in [2.05, 4.69) is 9.46 Å². The largest absolute Gasteiger partial charge is 0.465 e. The molecular formula is C8H9NO4S. The first-order valence-corrected chi connectivity index (χ1v) is 4.90. The maximum atomic E-state index is 11.0. The van der Waals surface area contributed by atoms with E-state index in [1.165, 1.54) is 31.4 Å². The normalized spacial score (nSPS) is 9.86. The predicted molar refractivity (Wildman–Crippen MR) is 51.7 cm³/mol. The maximum absolute atomic E-state index is 11.0. The summed E-state index contributed by atoms with van der Waals surface area (Å²) >= 11 is 0. The third kappa shape index (κ3) is 2.74. The quantitative estimate of drug-likeness (QED) is 0.566. The van der Waals surface area contributed by atoms with Gasteiger partial charge >= 0.3 is 5.97 Å². The zero-order valence-electron chi connectivity index (χ0n) is 7.39. The molecule has 0 aromatic heterocycles. The number of esters is 1. The van der Waals surface area contributed by atoms with Crippen molar-refractivity contribution in [3.8, 4) is 0 Å². The molecule has 0 fully saturated rings. The summed E-state index contributed by atoms with van der Waals surface area (Å²) in [6.07, 6.45) is 0. The van der Waals surface area contributed by atoms with Crippen molar-refractivity contribution >= 4 is 22.5 Å². The van der Waals surface area contributed by atoms with Gasteiger partial charge in [-0.05, 0) is 24.3 Å². The molecule has 0 atom stereocenters. The molecule has 6 heteroatoms. The van der Waals surface area contributed by atoms with E-state index in [-0.39, 0.29) is 0 Å². The highest BCUT2D eigenvalue weighted by Gasteiger charge is 2.03. The van der Waals surface area contributed by atoms with Gasteiger partial charge in [0.05, 0.1) is 12.7 Å². The van der Waals surface area contributed by atoms with Crippen LogP contribution in [0.15, 0.2) is 24.3 Å². The molecule has 0 saturated carbocycles. The molecule has 0 aliphatic carbocycles. The van der Waals surface area contributed by atoms with Crippen LogP contribution in [0.1, 0.15) is 10.4 Å². The van der Waals surface area contributed by atoms with Gasteiger partial charge in [-0.3, -0.25) is 4.72 Å². The van der Waals surface area contributed by atoms with Crippen molar-refractivity contribution in [3.05, 3.63) is 29.8 Å². The second-order valence-corrected chi connectivity index (χ2v) is 3.18. The SMILES string of the molecule is COC(=O)c1ccc(N[SH](=O)=O)cc1. The maximum Gasteiger partial charge on any atom is 0.337 e. The number of carbonyl (C=O) groups excluding carboxylic acids is 1. The molecule has 1 aromatic carbocycles. The first kappa shape index (κ1) is 10.5. The van der Waals surface area contributed by atoms with Gasteiger partial charge in [-0.15, -0.1) is 0 Å². The third-order valence-electron chi connectivity index (χ3n) is 1.53. The Kier molecular flexibility index (Phi) is 3.47. The molecule has 14 heavy (non-hydrogen) atoms. The van der Waals surface area contributed by atoms with Crippen LogP contribution in [0.4, 0.5) is 5.69 Å². The van der Waals surface area contributed by atoms with E-state index in [1.807, 2.05) is 0 Å². The smallest absolute Gasteiger partial charge is 0.337 e. The minimum Gasteiger partial charge on any atom is -0.465 e. The summed E-state index contributed by atoms with van der Waals surface area (Å²) in [6, 6.07) is 5.93. The monoisotopic (exact) mass is 215 g/mol. The molecule has 1 aromatic rings. The van der Waals surface area contributed by atoms with Crippen molar-refractivity contribution in [1.82, 2.24) is 0 Å². The highest BCUT2D eigenvalue weighted by Crippen LogP contribution is 2.09. The van der Waals surface area contributed by atoms with Crippen LogP contribution >= 0.6 is 0 Å². The summed E-state index contributed by atoms with van der Waals surface area (Å²) in [5.74, 6) is -0.455. The minimum atomic E-state index is -2.67. The first-order valence-electron chi connectivity index (χ1n) is 3.73. The molecule has 0 bridgehead atoms. The first-order chi connectivity index (χ1) is 6.63. The number of methoxy groups -OCH3 is 1. The van der Waals surface area contributed by atoms with Gasteiger partial charge < -0.3 is 4.74 Å². The molecule has 1 rings (SSSR count). The zero-order valence-corrected chi connectivity index (χ0v) is 8.28. The van der Waals surface area contributed by atoms with Gasteiger partial charge in [0, 0.05) is 5.69 Å². The Hall–Kier alpha value is -1.56. The van der Waals surface area contributed by atoms with Gasteiger partial charge in [0.25, 0.3) is 0 Å². The summed E-state index contributed by atoms with van der Waals surface area (Å²) in [5, 5.41) is 0. The lowest BCUT2D eigenvalue weighted by atomic mass is 10.2. The molecule has 1 N–H and O–H groups in total. The second-order valence-electron chi connectivity index (χ2n) is 2.44. The average molecular weight is 215 g/mol. The van der Waals surface area contributed by atoms with Gasteiger partial charge in [-0.1, -0.05) is 0 Å². The number of thiol groups is 1. The Morgan fingerprint density at radius 3 is 2.29 bits per heavy atom. The van der Waals surface area contributed by atoms with E-state index in [9.17, 15) is 13.2 Å². The van der Waals surface area contributed by atoms with Crippen molar-refractivity contribution in [2.24, 2.45) is 0 Å². The lowest BCUT2D eigenvalue weighted by molar-refractivity contribution is 0.0601. The highest BCUT2D eigenvalue weighted by molar-refractivity contribution is 7.73. The van der Waals surface area contributed by atoms with Crippen molar-refractivity contribution in [2.45, 2.75) is 0 Å². The van der Waals surface area contributed by atoms with Gasteiger partial charge in [0.1, 0.15) is 0 Å². The Morgan fingerprint density at radius 1 is 1.29 bits per heavy atom. The topological polar surface area (TPSA) is 72.5 Å². The van der Waals surface area contributed by atoms with E-state index >= 15 is 0 Å². The van der Waals surface area contributed by atoms with Crippen molar-refractivity contribution in [2.75, 3.05) is 11.8 Å². The van der Waals surface area contributed by atoms with Crippen molar-refractivity contribution < 1.29 is 17.9 Å². The number of hydrogen-bond donors (Lipinski definition) is 2. The molecule has 0 saturated heterocycles. The summed E-state index contributed by atoms with van der Waals surface area (Å²) in [5.41, 5.74) is 0.785. The fourth-order valence-electron chi connectivity index (χ4n) is 0.904. The molecule has 0 amide bonds. The Morgan fingerprint density at radius 2 is 1.86 bits per heavy atom. The molecular weight excluding hydrogens is 206 g/mol. The lowest BCUT2D eigenvalue weighted by Gasteiger charge is -2.00. The van der Waals surface area contributed by atoms with Crippen LogP contribution in [0.3, 0.4) is 0 Å². The van der Waals surface area contributed by atoms with E-state index in [4.69, 9.17) is 0 Å². The summed E-state index contributed by atoms with van der Waals surface area (Å²) in [4.78, 5) is 11.0. The second kappa shape index (κ2) is 4.61. The molecule has 0 aliphatic heterocycles. The fraction of sp³-hybridized carbons (Fsp3) is 0.125. The number of nitrogens with one attached hydrogen (secondary N) is 1. The highest BCUT2D eigenvalue weighted by atomic mass is 32.2. The number of hydrogen-bond acceptors (Lipinski definition) is 4. The molecule has 76 valence electrons. The van der Waals surface area contributed by atoms with Crippen molar-refractivity contribution in [1.29, 1.82) is 0 Å². The van der Waals surface area contributed by atoms with Crippen LogP contribution in [0, 0.1) is 0 Å². The molecule has 0 radical (unpaired) electrons. The van der Waals surface area contributed by atoms with Crippen LogP contribution < -0.4 is 4.72 Å². The van der Waals surface area contributed by atoms with Crippen LogP contribution in [0.2, 0.25) is 0 Å². The fourth-order valence-corrected chi connectivity index (χ4v) is 1.26. The Labute approximate surface area is 82.8 Å². The van der Waals surface area contributed by atoms with Gasteiger partial charge in [0.2, 0.25) is 10.9 Å². The number of carbonyl (C=O) groups is 1. The Bertz CT molecular complexity index is 388. The molecule has 5 nitrogen and oxygen atoms in total. The lowest BCUT2D eigenvalue weighted by Crippen LogP contribution is -2.01. The van der Waals surface area contributed by atoms with Crippen LogP contribution in [-0.2, 0) is 15.6 Å². The number of benzene rings is 1. The minimum absolute atomic E-state index is 0.374. The van der Waals surface area contributed by atoms with Gasteiger partial charge in [-0.25, -0.2) is 13.2 Å². The number of ether oxygens (including phenoxy) is 1. The number of anilines is 1. The van der Waals surface area contributed by atoms with Crippen molar-refractivity contribution in [3.63, 3.8) is 0 Å². The predicted octanol–water partition coefficient (Wildman–Crippen LogP) is 0.411. The summed E-state index contributed by atoms with van der Waals surface area (Å²) in [7, 11) is -1.39. The molecule has 0 spiro atoms. The summed E-state index contributed by atoms with van der Waals surface area (Å²) < 4.78 is 27.2. The van der Waals surface area contributed by atoms with Gasteiger partial charge in [-0.2, -0.15) is 0 Å². The zero-order chi connectivity index (χ0) is 10.6. The molecule has 0 unspecified atom stereocenters. The third-order valence-corrected chi connectivity index (χ3v) is 1.97. The van der Waals surface area contributed by atoms with Crippen LogP contribution in [-0.4, -0.2) is 21.5 Å². The van der Waals surface area contributed by atoms with Gasteiger partial charge in [0.15, 0.2) is 0 Å². The van der Waals surface area contributed by atoms with E-state index in [0.717, 1.165) is 0 Å². The Balaban J connectivity index is 2.83. The van der Waals surface area contributed by atoms with Crippen LogP contribution in [0.25, 0.3) is 0 Å². The van der Waals surface area contributed by atoms with E-state index < -0.39 is 16.9 Å². The van der Waals surface area contributed by atoms with E-state index in [0.29, 0.717) is 11.3 Å². The van der Waals surface area contributed by atoms with E-state index in [1.54, 1.807) is 0 Å².